The molecule has 7 nitrogen and oxygen atoms in total. The number of halogens is 1. The van der Waals surface area contributed by atoms with Crippen LogP contribution in [0.1, 0.15) is 26.2 Å². The second-order valence-corrected chi connectivity index (χ2v) is 13.5. The summed E-state index contributed by atoms with van der Waals surface area (Å²) in [6, 6.07) is 15.7. The number of aliphatic hydroxyl groups excluding tert-OH is 1. The molecule has 2 bridgehead atoms. The van der Waals surface area contributed by atoms with Crippen molar-refractivity contribution in [2.24, 2.45) is 11.8 Å². The third-order valence-corrected chi connectivity index (χ3v) is 10.9. The minimum absolute atomic E-state index is 0.107. The van der Waals surface area contributed by atoms with E-state index in [1.165, 1.54) is 0 Å². The maximum absolute atomic E-state index is 14.6. The zero-order chi connectivity index (χ0) is 29.4. The van der Waals surface area contributed by atoms with Crippen molar-refractivity contribution in [1.82, 2.24) is 4.90 Å². The molecule has 41 heavy (non-hydrogen) atoms. The van der Waals surface area contributed by atoms with E-state index in [0.29, 0.717) is 36.5 Å². The third-order valence-electron chi connectivity index (χ3n) is 8.70. The number of hydrogen-bond acceptors (Lipinski definition) is 5. The zero-order valence-corrected chi connectivity index (χ0v) is 24.8. The van der Waals surface area contributed by atoms with Crippen molar-refractivity contribution in [3.8, 4) is 0 Å². The molecule has 5 atom stereocenters. The number of thioether (sulfide) groups is 1. The molecule has 9 heteroatoms. The lowest BCUT2D eigenvalue weighted by atomic mass is 9.66. The quantitative estimate of drug-likeness (QED) is 0.373. The first-order valence-corrected chi connectivity index (χ1v) is 15.2. The Bertz CT molecular complexity index is 1340. The Morgan fingerprint density at radius 1 is 1.02 bits per heavy atom. The molecule has 0 aromatic heterocycles. The predicted octanol–water partition coefficient (Wildman–Crippen LogP) is 4.94. The van der Waals surface area contributed by atoms with Gasteiger partial charge in [-0.1, -0.05) is 42.0 Å². The average Bonchev–Trinajstić information content (AvgIpc) is 3.54. The molecular formula is C32H36ClN3O4S. The number of likely N-dealkylation sites (tertiary alicyclic amines) is 1. The molecule has 3 amide bonds. The molecule has 2 aromatic carbocycles. The smallest absolute Gasteiger partial charge is 0.251 e. The summed E-state index contributed by atoms with van der Waals surface area (Å²) in [7, 11) is 0. The Kier molecular flexibility index (Phi) is 8.37. The van der Waals surface area contributed by atoms with Crippen molar-refractivity contribution >= 4 is 52.5 Å². The molecule has 5 rings (SSSR count). The zero-order valence-electron chi connectivity index (χ0n) is 23.2. The number of para-hydroxylation sites is 1. The van der Waals surface area contributed by atoms with E-state index in [9.17, 15) is 19.5 Å². The fourth-order valence-electron chi connectivity index (χ4n) is 7.01. The van der Waals surface area contributed by atoms with Crippen LogP contribution >= 0.6 is 23.4 Å². The number of anilines is 2. The number of fused-ring (bicyclic) bond motifs is 1. The summed E-state index contributed by atoms with van der Waals surface area (Å²) in [4.78, 5) is 48.3. The van der Waals surface area contributed by atoms with Crippen LogP contribution in [0.25, 0.3) is 0 Å². The van der Waals surface area contributed by atoms with Crippen LogP contribution in [0.3, 0.4) is 0 Å². The first kappa shape index (κ1) is 29.4. The van der Waals surface area contributed by atoms with E-state index >= 15 is 0 Å². The summed E-state index contributed by atoms with van der Waals surface area (Å²) in [6.07, 6.45) is 5.06. The molecule has 3 fully saturated rings. The van der Waals surface area contributed by atoms with Gasteiger partial charge in [0.1, 0.15) is 6.04 Å². The number of carbonyl (C=O) groups is 3. The first-order valence-electron chi connectivity index (χ1n) is 14.0. The summed E-state index contributed by atoms with van der Waals surface area (Å²) >= 11 is 7.77. The summed E-state index contributed by atoms with van der Waals surface area (Å²) in [5, 5.41) is 10.2. The van der Waals surface area contributed by atoms with Crippen LogP contribution in [0.15, 0.2) is 79.9 Å². The van der Waals surface area contributed by atoms with Gasteiger partial charge in [-0.05, 0) is 62.6 Å². The average molecular weight is 594 g/mol. The second-order valence-electron chi connectivity index (χ2n) is 11.1. The highest BCUT2D eigenvalue weighted by Gasteiger charge is 2.77. The second kappa shape index (κ2) is 11.7. The summed E-state index contributed by atoms with van der Waals surface area (Å²) < 4.78 is -1.27. The monoisotopic (exact) mass is 593 g/mol. The normalized spacial score (nSPS) is 27.9. The Balaban J connectivity index is 1.58. The maximum Gasteiger partial charge on any atom is 0.251 e. The lowest BCUT2D eigenvalue weighted by molar-refractivity contribution is -0.139. The van der Waals surface area contributed by atoms with Gasteiger partial charge >= 0.3 is 0 Å². The summed E-state index contributed by atoms with van der Waals surface area (Å²) in [5.41, 5.74) is 1.41. The Labute approximate surface area is 250 Å². The highest BCUT2D eigenvalue weighted by Crippen LogP contribution is 2.71. The molecule has 2 unspecified atom stereocenters. The van der Waals surface area contributed by atoms with Gasteiger partial charge in [-0.2, -0.15) is 0 Å². The Morgan fingerprint density at radius 3 is 2.24 bits per heavy atom. The fourth-order valence-corrected chi connectivity index (χ4v) is 9.48. The van der Waals surface area contributed by atoms with Crippen LogP contribution in [-0.2, 0) is 14.4 Å². The fraction of sp³-hybridized carbons (Fsp3) is 0.406. The van der Waals surface area contributed by atoms with E-state index in [4.69, 9.17) is 11.6 Å². The highest BCUT2D eigenvalue weighted by atomic mass is 35.5. The van der Waals surface area contributed by atoms with E-state index < -0.39 is 27.4 Å². The standard InChI is InChI=1S/C32H36ClN3O4S/c1-4-18-34(23-10-7-6-8-11-23)28(38)25-26-29(39)36(20-9-21-37)27(32(26)17-16-31(25,3)41-32)30(40)35(19-5-2)24-14-12-22(33)13-15-24/h4-8,10-15,25-27,37H,1-2,9,16-21H2,3H3/t25-,26-,27?,31+,32?/m0/s1. The minimum atomic E-state index is -0.781. The minimum Gasteiger partial charge on any atom is -0.396 e. The van der Waals surface area contributed by atoms with Gasteiger partial charge in [0.2, 0.25) is 11.8 Å². The van der Waals surface area contributed by atoms with E-state index in [1.807, 2.05) is 30.3 Å². The molecule has 3 saturated heterocycles. The van der Waals surface area contributed by atoms with Crippen molar-refractivity contribution in [1.29, 1.82) is 0 Å². The van der Waals surface area contributed by atoms with Crippen LogP contribution in [-0.4, -0.2) is 69.5 Å². The first-order chi connectivity index (χ1) is 19.7. The molecule has 3 aliphatic heterocycles. The van der Waals surface area contributed by atoms with Gasteiger partial charge in [-0.25, -0.2) is 0 Å². The van der Waals surface area contributed by atoms with Gasteiger partial charge < -0.3 is 19.8 Å². The van der Waals surface area contributed by atoms with E-state index in [2.05, 4.69) is 20.1 Å². The van der Waals surface area contributed by atoms with Gasteiger partial charge in [-0.15, -0.1) is 24.9 Å². The molecule has 0 saturated carbocycles. The van der Waals surface area contributed by atoms with E-state index in [0.717, 1.165) is 5.69 Å². The van der Waals surface area contributed by atoms with Crippen molar-refractivity contribution in [3.05, 3.63) is 84.9 Å². The number of nitrogens with zero attached hydrogens (tertiary/aromatic N) is 3. The largest absolute Gasteiger partial charge is 0.396 e. The molecule has 0 radical (unpaired) electrons. The Morgan fingerprint density at radius 2 is 1.63 bits per heavy atom. The van der Waals surface area contributed by atoms with Gasteiger partial charge in [0.25, 0.3) is 5.91 Å². The van der Waals surface area contributed by atoms with Crippen LogP contribution < -0.4 is 9.80 Å². The van der Waals surface area contributed by atoms with Gasteiger partial charge in [0.15, 0.2) is 0 Å². The molecule has 1 spiro atoms. The maximum atomic E-state index is 14.6. The number of aliphatic hydroxyl groups is 1. The summed E-state index contributed by atoms with van der Waals surface area (Å²) in [6.45, 7) is 10.5. The van der Waals surface area contributed by atoms with Crippen LogP contribution in [0, 0.1) is 11.8 Å². The molecule has 0 aliphatic carbocycles. The van der Waals surface area contributed by atoms with Crippen molar-refractivity contribution in [2.75, 3.05) is 36.0 Å². The molecule has 3 aliphatic rings. The molecule has 1 N–H and O–H groups in total. The van der Waals surface area contributed by atoms with Crippen LogP contribution in [0.5, 0.6) is 0 Å². The lowest BCUT2D eigenvalue weighted by Crippen LogP contribution is -2.55. The van der Waals surface area contributed by atoms with Gasteiger partial charge in [-0.3, -0.25) is 14.4 Å². The number of hydrogen-bond donors (Lipinski definition) is 1. The van der Waals surface area contributed by atoms with Crippen molar-refractivity contribution in [3.63, 3.8) is 0 Å². The molecular weight excluding hydrogens is 558 g/mol. The number of rotatable bonds is 11. The SMILES string of the molecule is C=CCN(C(=O)C1N(CCCO)C(=O)[C@@H]2[C@@H](C(=O)N(CC=C)c3ccccc3)[C@@]3(C)CCC12S3)c1ccc(Cl)cc1. The number of amides is 3. The van der Waals surface area contributed by atoms with E-state index in [-0.39, 0.29) is 37.4 Å². The molecule has 216 valence electrons. The van der Waals surface area contributed by atoms with Crippen molar-refractivity contribution < 1.29 is 19.5 Å². The van der Waals surface area contributed by atoms with E-state index in [1.54, 1.807) is 62.9 Å². The van der Waals surface area contributed by atoms with Gasteiger partial charge in [0, 0.05) is 47.4 Å². The number of carbonyl (C=O) groups excluding carboxylic acids is 3. The number of benzene rings is 2. The molecule has 3 heterocycles. The Hall–Kier alpha value is -3.07. The highest BCUT2D eigenvalue weighted by molar-refractivity contribution is 8.02. The molecule has 2 aromatic rings. The van der Waals surface area contributed by atoms with Crippen molar-refractivity contribution in [2.45, 2.75) is 41.7 Å². The van der Waals surface area contributed by atoms with Gasteiger partial charge in [0.05, 0.1) is 16.6 Å². The predicted molar refractivity (Wildman–Crippen MR) is 165 cm³/mol. The van der Waals surface area contributed by atoms with Crippen LogP contribution in [0.4, 0.5) is 11.4 Å². The third kappa shape index (κ3) is 4.90. The van der Waals surface area contributed by atoms with Crippen LogP contribution in [0.2, 0.25) is 5.02 Å². The lowest BCUT2D eigenvalue weighted by Gasteiger charge is -2.38. The summed E-state index contributed by atoms with van der Waals surface area (Å²) in [5.74, 6) is -1.78. The topological polar surface area (TPSA) is 81.2 Å².